The van der Waals surface area contributed by atoms with Gasteiger partial charge in [-0.2, -0.15) is 0 Å². The first-order valence-electron chi connectivity index (χ1n) is 10.6. The minimum absolute atomic E-state index is 0.105. The number of methoxy groups -OCH3 is 2. The highest BCUT2D eigenvalue weighted by Crippen LogP contribution is 2.38. The lowest BCUT2D eigenvalue weighted by Crippen LogP contribution is -2.41. The zero-order valence-corrected chi connectivity index (χ0v) is 20.0. The number of amides is 1. The Morgan fingerprint density at radius 3 is 2.70 bits per heavy atom. The number of benzene rings is 2. The summed E-state index contributed by atoms with van der Waals surface area (Å²) in [4.78, 5) is 25.5. The Morgan fingerprint density at radius 1 is 1.15 bits per heavy atom. The molecule has 33 heavy (non-hydrogen) atoms. The van der Waals surface area contributed by atoms with E-state index in [1.807, 2.05) is 30.3 Å². The highest BCUT2D eigenvalue weighted by atomic mass is 35.5. The molecule has 4 rings (SSSR count). The summed E-state index contributed by atoms with van der Waals surface area (Å²) < 4.78 is 10.6. The highest BCUT2D eigenvalue weighted by molar-refractivity contribution is 7.99. The Morgan fingerprint density at radius 2 is 1.94 bits per heavy atom. The maximum atomic E-state index is 13.2. The van der Waals surface area contributed by atoms with Crippen molar-refractivity contribution in [3.63, 3.8) is 0 Å². The van der Waals surface area contributed by atoms with Crippen LogP contribution in [-0.4, -0.2) is 43.2 Å². The van der Waals surface area contributed by atoms with E-state index in [9.17, 15) is 4.79 Å². The summed E-state index contributed by atoms with van der Waals surface area (Å²) in [5.41, 5.74) is 0.446. The van der Waals surface area contributed by atoms with Gasteiger partial charge in [-0.1, -0.05) is 41.6 Å². The van der Waals surface area contributed by atoms with Crippen LogP contribution in [0.5, 0.6) is 11.5 Å². The summed E-state index contributed by atoms with van der Waals surface area (Å²) in [6, 6.07) is 13.4. The molecule has 0 spiro atoms. The van der Waals surface area contributed by atoms with Gasteiger partial charge in [0.2, 0.25) is 5.91 Å². The Bertz CT molecular complexity index is 1120. The average Bonchev–Trinajstić information content (AvgIpc) is 2.86. The van der Waals surface area contributed by atoms with Crippen molar-refractivity contribution in [2.24, 2.45) is 5.92 Å². The quantitative estimate of drug-likeness (QED) is 0.496. The van der Waals surface area contributed by atoms with Gasteiger partial charge < -0.3 is 19.7 Å². The van der Waals surface area contributed by atoms with Crippen molar-refractivity contribution in [2.75, 3.05) is 37.5 Å². The molecule has 2 aromatic carbocycles. The van der Waals surface area contributed by atoms with Crippen LogP contribution in [0.2, 0.25) is 5.02 Å². The molecule has 1 atom stereocenters. The normalized spacial score (nSPS) is 15.7. The summed E-state index contributed by atoms with van der Waals surface area (Å²) in [6.07, 6.45) is 5.04. The lowest BCUT2D eigenvalue weighted by molar-refractivity contribution is -0.120. The van der Waals surface area contributed by atoms with Crippen LogP contribution in [-0.2, 0) is 4.79 Å². The number of anilines is 2. The standard InChI is InChI=1S/C24H25ClN4O3S/c1-31-17-13-19(25)21(20(14-17)32-2)28-23(30)16-7-6-12-29(15-16)22-24(27-11-10-26-22)33-18-8-4-3-5-9-18/h3-5,8-11,13-14,16H,6-7,12,15H2,1-2H3,(H,28,30). The lowest BCUT2D eigenvalue weighted by atomic mass is 9.97. The number of rotatable bonds is 7. The van der Waals surface area contributed by atoms with Crippen LogP contribution in [0.4, 0.5) is 11.5 Å². The Balaban J connectivity index is 1.50. The Labute approximate surface area is 202 Å². The predicted molar refractivity (Wildman–Crippen MR) is 131 cm³/mol. The fraction of sp³-hybridized carbons (Fsp3) is 0.292. The molecule has 0 saturated carbocycles. The number of halogens is 1. The van der Waals surface area contributed by atoms with Gasteiger partial charge in [0.15, 0.2) is 5.82 Å². The van der Waals surface area contributed by atoms with E-state index in [0.717, 1.165) is 35.1 Å². The molecule has 0 bridgehead atoms. The molecule has 1 aliphatic heterocycles. The van der Waals surface area contributed by atoms with Gasteiger partial charge in [0.05, 0.1) is 25.2 Å². The molecule has 1 unspecified atom stereocenters. The largest absolute Gasteiger partial charge is 0.497 e. The Kier molecular flexibility index (Phi) is 7.57. The number of hydrogen-bond acceptors (Lipinski definition) is 7. The van der Waals surface area contributed by atoms with Crippen molar-refractivity contribution >= 4 is 40.8 Å². The van der Waals surface area contributed by atoms with Crippen LogP contribution in [0.25, 0.3) is 0 Å². The summed E-state index contributed by atoms with van der Waals surface area (Å²) in [6.45, 7) is 1.36. The van der Waals surface area contributed by atoms with Gasteiger partial charge >= 0.3 is 0 Å². The van der Waals surface area contributed by atoms with Crippen LogP contribution < -0.4 is 19.7 Å². The molecule has 1 amide bonds. The lowest BCUT2D eigenvalue weighted by Gasteiger charge is -2.33. The number of piperidine rings is 1. The zero-order chi connectivity index (χ0) is 23.2. The van der Waals surface area contributed by atoms with Crippen molar-refractivity contribution in [3.05, 3.63) is 59.9 Å². The van der Waals surface area contributed by atoms with Crippen molar-refractivity contribution in [1.82, 2.24) is 9.97 Å². The molecular formula is C24H25ClN4O3S. The minimum atomic E-state index is -0.224. The topological polar surface area (TPSA) is 76.6 Å². The molecule has 1 fully saturated rings. The second-order valence-corrected chi connectivity index (χ2v) is 9.03. The van der Waals surface area contributed by atoms with E-state index < -0.39 is 0 Å². The monoisotopic (exact) mass is 484 g/mol. The SMILES string of the molecule is COc1cc(Cl)c(NC(=O)C2CCCN(c3nccnc3Sc3ccccc3)C2)c(OC)c1. The van der Waals surface area contributed by atoms with Gasteiger partial charge in [-0.15, -0.1) is 0 Å². The van der Waals surface area contributed by atoms with Gasteiger partial charge in [0.25, 0.3) is 0 Å². The van der Waals surface area contributed by atoms with Crippen molar-refractivity contribution in [1.29, 1.82) is 0 Å². The van der Waals surface area contributed by atoms with E-state index in [-0.39, 0.29) is 11.8 Å². The van der Waals surface area contributed by atoms with E-state index in [1.54, 1.807) is 43.4 Å². The summed E-state index contributed by atoms with van der Waals surface area (Å²) in [7, 11) is 3.08. The van der Waals surface area contributed by atoms with Gasteiger partial charge in [-0.3, -0.25) is 4.79 Å². The number of nitrogens with one attached hydrogen (secondary N) is 1. The molecule has 0 radical (unpaired) electrons. The second kappa shape index (κ2) is 10.8. The molecule has 0 aliphatic carbocycles. The van der Waals surface area contributed by atoms with Crippen molar-refractivity contribution in [2.45, 2.75) is 22.8 Å². The number of hydrogen-bond donors (Lipinski definition) is 1. The number of ether oxygens (including phenoxy) is 2. The van der Waals surface area contributed by atoms with E-state index in [4.69, 9.17) is 21.1 Å². The second-order valence-electron chi connectivity index (χ2n) is 7.56. The average molecular weight is 485 g/mol. The Hall–Kier alpha value is -2.97. The van der Waals surface area contributed by atoms with Crippen LogP contribution in [0.3, 0.4) is 0 Å². The summed E-state index contributed by atoms with van der Waals surface area (Å²) in [5, 5.41) is 4.15. The van der Waals surface area contributed by atoms with E-state index in [1.165, 1.54) is 7.11 Å². The first kappa shape index (κ1) is 23.2. The maximum absolute atomic E-state index is 13.2. The van der Waals surface area contributed by atoms with Crippen LogP contribution in [0.1, 0.15) is 12.8 Å². The van der Waals surface area contributed by atoms with E-state index in [0.29, 0.717) is 28.8 Å². The third-order valence-electron chi connectivity index (χ3n) is 5.43. The summed E-state index contributed by atoms with van der Waals surface area (Å²) in [5.74, 6) is 1.48. The van der Waals surface area contributed by atoms with E-state index >= 15 is 0 Å². The molecule has 3 aromatic rings. The first-order valence-corrected chi connectivity index (χ1v) is 11.8. The first-order chi connectivity index (χ1) is 16.1. The molecule has 172 valence electrons. The highest BCUT2D eigenvalue weighted by Gasteiger charge is 2.29. The third kappa shape index (κ3) is 5.51. The molecule has 1 saturated heterocycles. The van der Waals surface area contributed by atoms with E-state index in [2.05, 4.69) is 20.2 Å². The molecule has 1 aliphatic rings. The van der Waals surface area contributed by atoms with Gasteiger partial charge in [0, 0.05) is 42.5 Å². The number of carbonyl (C=O) groups is 1. The number of carbonyl (C=O) groups excluding carboxylic acids is 1. The number of aromatic nitrogens is 2. The van der Waals surface area contributed by atoms with Crippen LogP contribution in [0, 0.1) is 5.92 Å². The minimum Gasteiger partial charge on any atom is -0.497 e. The molecule has 1 aromatic heterocycles. The molecule has 2 heterocycles. The fourth-order valence-electron chi connectivity index (χ4n) is 3.77. The summed E-state index contributed by atoms with van der Waals surface area (Å²) >= 11 is 7.96. The molecule has 9 heteroatoms. The van der Waals surface area contributed by atoms with Crippen LogP contribution >= 0.6 is 23.4 Å². The number of nitrogens with zero attached hydrogens (tertiary/aromatic N) is 3. The molecule has 1 N–H and O–H groups in total. The van der Waals surface area contributed by atoms with Crippen molar-refractivity contribution in [3.8, 4) is 11.5 Å². The van der Waals surface area contributed by atoms with Gasteiger partial charge in [0.1, 0.15) is 22.2 Å². The zero-order valence-electron chi connectivity index (χ0n) is 18.5. The van der Waals surface area contributed by atoms with Crippen molar-refractivity contribution < 1.29 is 14.3 Å². The van der Waals surface area contributed by atoms with Gasteiger partial charge in [-0.05, 0) is 25.0 Å². The molecular weight excluding hydrogens is 460 g/mol. The maximum Gasteiger partial charge on any atom is 0.229 e. The van der Waals surface area contributed by atoms with Gasteiger partial charge in [-0.25, -0.2) is 9.97 Å². The molecule has 7 nitrogen and oxygen atoms in total. The van der Waals surface area contributed by atoms with Crippen LogP contribution in [0.15, 0.2) is 64.8 Å². The third-order valence-corrected chi connectivity index (χ3v) is 6.71. The predicted octanol–water partition coefficient (Wildman–Crippen LogP) is 5.15. The smallest absolute Gasteiger partial charge is 0.229 e. The fourth-order valence-corrected chi connectivity index (χ4v) is 4.92.